The first-order chi connectivity index (χ1) is 13.0. The largest absolute Gasteiger partial charge is 0.484 e. The summed E-state index contributed by atoms with van der Waals surface area (Å²) in [6.45, 7) is 4.15. The monoisotopic (exact) mass is 382 g/mol. The summed E-state index contributed by atoms with van der Waals surface area (Å²) < 4.78 is 21.9. The third-order valence-corrected chi connectivity index (χ3v) is 5.07. The zero-order chi connectivity index (χ0) is 19.4. The molecule has 3 aromatic rings. The highest BCUT2D eigenvalue weighted by atomic mass is 32.1. The van der Waals surface area contributed by atoms with Crippen LogP contribution in [-0.2, 0) is 11.3 Å². The van der Waals surface area contributed by atoms with Gasteiger partial charge in [0.15, 0.2) is 11.4 Å². The summed E-state index contributed by atoms with van der Waals surface area (Å²) in [7, 11) is 0. The standard InChI is InChI=1S/C21H19FN2O2S/c1-4-12-24-20-17(22)6-5-7-18(20)27-21(24)23-19(25)13-26-16-10-8-15(9-11-16)14(2)3/h1,5-11,14H,12-13H2,2-3H3. The SMILES string of the molecule is C#CCn1c(=NC(=O)COc2ccc(C(C)C)cc2)sc2cccc(F)c21. The van der Waals surface area contributed by atoms with Crippen molar-refractivity contribution in [1.29, 1.82) is 0 Å². The van der Waals surface area contributed by atoms with Crippen LogP contribution >= 0.6 is 11.3 Å². The van der Waals surface area contributed by atoms with Gasteiger partial charge in [-0.3, -0.25) is 4.79 Å². The number of hydrogen-bond acceptors (Lipinski definition) is 3. The fourth-order valence-corrected chi connectivity index (χ4v) is 3.70. The minimum atomic E-state index is -0.458. The van der Waals surface area contributed by atoms with Crippen molar-refractivity contribution in [3.05, 3.63) is 58.6 Å². The summed E-state index contributed by atoms with van der Waals surface area (Å²) in [5.74, 6) is 2.65. The van der Waals surface area contributed by atoms with Crippen molar-refractivity contribution in [3.8, 4) is 18.1 Å². The van der Waals surface area contributed by atoms with Crippen LogP contribution in [0.25, 0.3) is 10.2 Å². The van der Waals surface area contributed by atoms with Crippen molar-refractivity contribution >= 4 is 27.5 Å². The fraction of sp³-hybridized carbons (Fsp3) is 0.238. The van der Waals surface area contributed by atoms with Crippen LogP contribution in [0.15, 0.2) is 47.5 Å². The first kappa shape index (κ1) is 18.9. The van der Waals surface area contributed by atoms with E-state index in [1.165, 1.54) is 27.5 Å². The van der Waals surface area contributed by atoms with Gasteiger partial charge in [0, 0.05) is 0 Å². The maximum atomic E-state index is 14.1. The Morgan fingerprint density at radius 3 is 2.70 bits per heavy atom. The maximum Gasteiger partial charge on any atom is 0.286 e. The third kappa shape index (κ3) is 4.26. The number of aromatic nitrogens is 1. The number of amides is 1. The maximum absolute atomic E-state index is 14.1. The number of carbonyl (C=O) groups excluding carboxylic acids is 1. The Morgan fingerprint density at radius 1 is 1.30 bits per heavy atom. The minimum absolute atomic E-state index is 0.130. The van der Waals surface area contributed by atoms with Gasteiger partial charge in [0.1, 0.15) is 11.6 Å². The summed E-state index contributed by atoms with van der Waals surface area (Å²) in [6, 6.07) is 12.3. The van der Waals surface area contributed by atoms with Crippen LogP contribution in [0.2, 0.25) is 0 Å². The van der Waals surface area contributed by atoms with Gasteiger partial charge in [0.05, 0.1) is 16.8 Å². The minimum Gasteiger partial charge on any atom is -0.484 e. The summed E-state index contributed by atoms with van der Waals surface area (Å²) in [5.41, 5.74) is 1.55. The molecule has 0 aliphatic heterocycles. The van der Waals surface area contributed by atoms with E-state index >= 15 is 0 Å². The molecule has 27 heavy (non-hydrogen) atoms. The molecule has 0 bridgehead atoms. The summed E-state index contributed by atoms with van der Waals surface area (Å²) in [6.07, 6.45) is 5.39. The van der Waals surface area contributed by atoms with Gasteiger partial charge < -0.3 is 9.30 Å². The van der Waals surface area contributed by atoms with Crippen LogP contribution in [0.5, 0.6) is 5.75 Å². The average molecular weight is 382 g/mol. The van der Waals surface area contributed by atoms with Crippen LogP contribution in [0, 0.1) is 18.2 Å². The first-order valence-corrected chi connectivity index (χ1v) is 9.33. The molecular formula is C21H19FN2O2S. The Balaban J connectivity index is 1.82. The van der Waals surface area contributed by atoms with Gasteiger partial charge in [-0.05, 0) is 35.7 Å². The number of rotatable bonds is 5. The van der Waals surface area contributed by atoms with Crippen molar-refractivity contribution in [2.75, 3.05) is 6.61 Å². The number of hydrogen-bond donors (Lipinski definition) is 0. The number of thiazole rings is 1. The lowest BCUT2D eigenvalue weighted by atomic mass is 10.0. The molecule has 0 unspecified atom stereocenters. The second-order valence-corrected chi connectivity index (χ2v) is 7.29. The Labute approximate surface area is 160 Å². The lowest BCUT2D eigenvalue weighted by Crippen LogP contribution is -2.19. The van der Waals surface area contributed by atoms with E-state index < -0.39 is 11.7 Å². The molecule has 0 aliphatic carbocycles. The normalized spacial score (nSPS) is 11.7. The number of terminal acetylenes is 1. The lowest BCUT2D eigenvalue weighted by molar-refractivity contribution is -0.120. The van der Waals surface area contributed by atoms with Crippen LogP contribution in [0.4, 0.5) is 4.39 Å². The van der Waals surface area contributed by atoms with Gasteiger partial charge in [-0.15, -0.1) is 6.42 Å². The number of fused-ring (bicyclic) bond motifs is 1. The predicted molar refractivity (Wildman–Crippen MR) is 105 cm³/mol. The molecule has 4 nitrogen and oxygen atoms in total. The van der Waals surface area contributed by atoms with Gasteiger partial charge in [-0.25, -0.2) is 4.39 Å². The van der Waals surface area contributed by atoms with Crippen LogP contribution in [-0.4, -0.2) is 17.1 Å². The Morgan fingerprint density at radius 2 is 2.04 bits per heavy atom. The van der Waals surface area contributed by atoms with Crippen molar-refractivity contribution < 1.29 is 13.9 Å². The van der Waals surface area contributed by atoms with Crippen molar-refractivity contribution in [2.24, 2.45) is 4.99 Å². The Kier molecular flexibility index (Phi) is 5.72. The second-order valence-electron chi connectivity index (χ2n) is 6.28. The zero-order valence-electron chi connectivity index (χ0n) is 15.1. The van der Waals surface area contributed by atoms with E-state index in [9.17, 15) is 9.18 Å². The van der Waals surface area contributed by atoms with E-state index in [4.69, 9.17) is 11.2 Å². The van der Waals surface area contributed by atoms with Gasteiger partial charge >= 0.3 is 0 Å². The number of para-hydroxylation sites is 1. The molecule has 0 spiro atoms. The predicted octanol–water partition coefficient (Wildman–Crippen LogP) is 4.10. The summed E-state index contributed by atoms with van der Waals surface area (Å²) in [4.78, 5) is 16.7. The van der Waals surface area contributed by atoms with Gasteiger partial charge in [0.2, 0.25) is 0 Å². The number of ether oxygens (including phenoxy) is 1. The molecule has 0 saturated carbocycles. The quantitative estimate of drug-likeness (QED) is 0.624. The molecule has 1 amide bonds. The number of halogens is 1. The summed E-state index contributed by atoms with van der Waals surface area (Å²) in [5, 5.41) is 0. The molecule has 1 heterocycles. The summed E-state index contributed by atoms with van der Waals surface area (Å²) >= 11 is 1.22. The third-order valence-electron chi connectivity index (χ3n) is 4.03. The smallest absolute Gasteiger partial charge is 0.286 e. The van der Waals surface area contributed by atoms with E-state index in [0.29, 0.717) is 26.7 Å². The number of carbonyl (C=O) groups is 1. The molecule has 0 N–H and O–H groups in total. The number of benzene rings is 2. The highest BCUT2D eigenvalue weighted by molar-refractivity contribution is 7.16. The molecule has 3 rings (SSSR count). The molecule has 0 atom stereocenters. The van der Waals surface area contributed by atoms with Gasteiger partial charge in [0.25, 0.3) is 5.91 Å². The highest BCUT2D eigenvalue weighted by Gasteiger charge is 2.11. The molecule has 0 radical (unpaired) electrons. The van der Waals surface area contributed by atoms with Gasteiger partial charge in [-0.1, -0.05) is 49.3 Å². The van der Waals surface area contributed by atoms with E-state index in [-0.39, 0.29) is 13.2 Å². The molecular weight excluding hydrogens is 363 g/mol. The highest BCUT2D eigenvalue weighted by Crippen LogP contribution is 2.20. The topological polar surface area (TPSA) is 43.6 Å². The Bertz CT molecular complexity index is 1070. The van der Waals surface area contributed by atoms with Crippen molar-refractivity contribution in [1.82, 2.24) is 4.57 Å². The molecule has 2 aromatic carbocycles. The molecule has 6 heteroatoms. The zero-order valence-corrected chi connectivity index (χ0v) is 15.9. The van der Waals surface area contributed by atoms with Crippen LogP contribution < -0.4 is 9.54 Å². The Hall–Kier alpha value is -2.91. The molecule has 1 aromatic heterocycles. The molecule has 0 aliphatic rings. The molecule has 0 fully saturated rings. The van der Waals surface area contributed by atoms with E-state index in [1.54, 1.807) is 12.1 Å². The van der Waals surface area contributed by atoms with Crippen molar-refractivity contribution in [2.45, 2.75) is 26.3 Å². The van der Waals surface area contributed by atoms with Gasteiger partial charge in [-0.2, -0.15) is 4.99 Å². The van der Waals surface area contributed by atoms with Crippen molar-refractivity contribution in [3.63, 3.8) is 0 Å². The number of nitrogens with zero attached hydrogens (tertiary/aromatic N) is 2. The van der Waals surface area contributed by atoms with E-state index in [0.717, 1.165) is 0 Å². The van der Waals surface area contributed by atoms with E-state index in [2.05, 4.69) is 24.8 Å². The van der Waals surface area contributed by atoms with Crippen LogP contribution in [0.3, 0.4) is 0 Å². The van der Waals surface area contributed by atoms with Crippen LogP contribution in [0.1, 0.15) is 25.3 Å². The lowest BCUT2D eigenvalue weighted by Gasteiger charge is -2.07. The molecule has 0 saturated heterocycles. The molecule has 138 valence electrons. The second kappa shape index (κ2) is 8.19. The first-order valence-electron chi connectivity index (χ1n) is 8.51. The fourth-order valence-electron chi connectivity index (χ4n) is 2.64. The van der Waals surface area contributed by atoms with E-state index in [1.807, 2.05) is 24.3 Å². The average Bonchev–Trinajstić information content (AvgIpc) is 2.99.